The third-order valence-electron chi connectivity index (χ3n) is 2.38. The van der Waals surface area contributed by atoms with Gasteiger partial charge in [0.2, 0.25) is 5.91 Å². The number of anilines is 1. The minimum atomic E-state index is -0.0706. The molecule has 1 amide bonds. The molecule has 1 N–H and O–H groups in total. The summed E-state index contributed by atoms with van der Waals surface area (Å²) in [6.45, 7) is 4.13. The van der Waals surface area contributed by atoms with Crippen LogP contribution in [0.1, 0.15) is 11.3 Å². The molecule has 0 aliphatic heterocycles. The molecule has 1 aromatic carbocycles. The van der Waals surface area contributed by atoms with E-state index in [9.17, 15) is 4.79 Å². The molecule has 4 nitrogen and oxygen atoms in total. The summed E-state index contributed by atoms with van der Waals surface area (Å²) in [4.78, 5) is 11.7. The van der Waals surface area contributed by atoms with Gasteiger partial charge in [0, 0.05) is 11.9 Å². The lowest BCUT2D eigenvalue weighted by Gasteiger charge is -2.05. The van der Waals surface area contributed by atoms with Crippen LogP contribution in [0.5, 0.6) is 0 Å². The van der Waals surface area contributed by atoms with Crippen molar-refractivity contribution in [2.24, 2.45) is 0 Å². The average Bonchev–Trinajstić information content (AvgIpc) is 2.63. The summed E-state index contributed by atoms with van der Waals surface area (Å²) in [6, 6.07) is 9.60. The number of benzene rings is 1. The van der Waals surface area contributed by atoms with Crippen LogP contribution in [0.2, 0.25) is 0 Å². The lowest BCUT2D eigenvalue weighted by Crippen LogP contribution is -2.19. The lowest BCUT2D eigenvalue weighted by molar-refractivity contribution is -0.116. The van der Waals surface area contributed by atoms with E-state index < -0.39 is 0 Å². The second kappa shape index (κ2) is 4.82. The summed E-state index contributed by atoms with van der Waals surface area (Å²) in [7, 11) is 0. The molecule has 0 aliphatic rings. The van der Waals surface area contributed by atoms with E-state index in [4.69, 9.17) is 0 Å². The highest BCUT2D eigenvalue weighted by atomic mass is 16.2. The van der Waals surface area contributed by atoms with Crippen molar-refractivity contribution in [3.05, 3.63) is 47.8 Å². The molecule has 4 heteroatoms. The Hall–Kier alpha value is -2.10. The molecular formula is C13H15N3O. The summed E-state index contributed by atoms with van der Waals surface area (Å²) in [5, 5.41) is 7.01. The number of carbonyl (C=O) groups excluding carboxylic acids is 1. The maximum absolute atomic E-state index is 11.7. The second-order valence-corrected chi connectivity index (χ2v) is 4.07. The van der Waals surface area contributed by atoms with Crippen molar-refractivity contribution >= 4 is 11.6 Å². The van der Waals surface area contributed by atoms with Gasteiger partial charge >= 0.3 is 0 Å². The molecule has 0 bridgehead atoms. The van der Waals surface area contributed by atoms with E-state index in [0.29, 0.717) is 0 Å². The first-order valence-corrected chi connectivity index (χ1v) is 5.50. The first kappa shape index (κ1) is 11.4. The Labute approximate surface area is 100 Å². The topological polar surface area (TPSA) is 46.9 Å². The highest BCUT2D eigenvalue weighted by Gasteiger charge is 2.04. The van der Waals surface area contributed by atoms with Crippen molar-refractivity contribution in [1.29, 1.82) is 0 Å². The molecule has 0 unspecified atom stereocenters. The van der Waals surface area contributed by atoms with E-state index in [-0.39, 0.29) is 12.5 Å². The number of aromatic nitrogens is 2. The third kappa shape index (κ3) is 3.17. The molecule has 0 spiro atoms. The molecule has 1 aromatic heterocycles. The molecule has 2 rings (SSSR count). The van der Waals surface area contributed by atoms with Crippen LogP contribution in [0.4, 0.5) is 5.69 Å². The van der Waals surface area contributed by atoms with Crippen LogP contribution in [-0.4, -0.2) is 15.7 Å². The summed E-state index contributed by atoms with van der Waals surface area (Å²) >= 11 is 0. The Morgan fingerprint density at radius 1 is 1.35 bits per heavy atom. The Morgan fingerprint density at radius 2 is 2.18 bits per heavy atom. The van der Waals surface area contributed by atoms with E-state index in [1.165, 1.54) is 0 Å². The molecule has 17 heavy (non-hydrogen) atoms. The van der Waals surface area contributed by atoms with Crippen LogP contribution in [0.3, 0.4) is 0 Å². The van der Waals surface area contributed by atoms with Gasteiger partial charge in [-0.05, 0) is 37.6 Å². The van der Waals surface area contributed by atoms with Crippen molar-refractivity contribution < 1.29 is 4.79 Å². The van der Waals surface area contributed by atoms with E-state index in [0.717, 1.165) is 16.9 Å². The van der Waals surface area contributed by atoms with Gasteiger partial charge in [-0.3, -0.25) is 9.48 Å². The zero-order valence-corrected chi connectivity index (χ0v) is 9.97. The van der Waals surface area contributed by atoms with E-state index in [1.54, 1.807) is 10.9 Å². The average molecular weight is 229 g/mol. The van der Waals surface area contributed by atoms with Gasteiger partial charge < -0.3 is 5.32 Å². The van der Waals surface area contributed by atoms with Gasteiger partial charge in [0.05, 0.1) is 5.69 Å². The molecule has 1 heterocycles. The lowest BCUT2D eigenvalue weighted by atomic mass is 10.2. The predicted molar refractivity (Wildman–Crippen MR) is 66.8 cm³/mol. The van der Waals surface area contributed by atoms with Gasteiger partial charge in [-0.25, -0.2) is 0 Å². The van der Waals surface area contributed by atoms with Gasteiger partial charge in [-0.1, -0.05) is 12.1 Å². The fourth-order valence-corrected chi connectivity index (χ4v) is 1.62. The number of aryl methyl sites for hydroxylation is 2. The standard InChI is InChI=1S/C13H15N3O/c1-10-4-3-5-12(8-10)14-13(17)9-16-7-6-11(2)15-16/h3-8H,9H2,1-2H3,(H,14,17). The van der Waals surface area contributed by atoms with Crippen LogP contribution in [-0.2, 0) is 11.3 Å². The van der Waals surface area contributed by atoms with Crippen molar-refractivity contribution in [2.75, 3.05) is 5.32 Å². The summed E-state index contributed by atoms with van der Waals surface area (Å²) in [5.74, 6) is -0.0706. The normalized spacial score (nSPS) is 10.2. The van der Waals surface area contributed by atoms with E-state index in [2.05, 4.69) is 10.4 Å². The number of rotatable bonds is 3. The number of amides is 1. The number of carbonyl (C=O) groups is 1. The molecule has 0 fully saturated rings. The van der Waals surface area contributed by atoms with Crippen molar-refractivity contribution in [3.8, 4) is 0 Å². The highest BCUT2D eigenvalue weighted by molar-refractivity contribution is 5.90. The minimum absolute atomic E-state index is 0.0706. The largest absolute Gasteiger partial charge is 0.324 e. The molecule has 0 radical (unpaired) electrons. The molecule has 0 atom stereocenters. The smallest absolute Gasteiger partial charge is 0.246 e. The predicted octanol–water partition coefficient (Wildman–Crippen LogP) is 2.14. The Morgan fingerprint density at radius 3 is 2.82 bits per heavy atom. The highest BCUT2D eigenvalue weighted by Crippen LogP contribution is 2.09. The van der Waals surface area contributed by atoms with E-state index >= 15 is 0 Å². The monoisotopic (exact) mass is 229 g/mol. The van der Waals surface area contributed by atoms with Crippen LogP contribution >= 0.6 is 0 Å². The molecule has 2 aromatic rings. The fourth-order valence-electron chi connectivity index (χ4n) is 1.62. The van der Waals surface area contributed by atoms with Gasteiger partial charge in [-0.15, -0.1) is 0 Å². The SMILES string of the molecule is Cc1cccc(NC(=O)Cn2ccc(C)n2)c1. The number of nitrogens with one attached hydrogen (secondary N) is 1. The van der Waals surface area contributed by atoms with Gasteiger partial charge in [-0.2, -0.15) is 5.10 Å². The molecule has 88 valence electrons. The Balaban J connectivity index is 1.98. The van der Waals surface area contributed by atoms with Crippen molar-refractivity contribution in [2.45, 2.75) is 20.4 Å². The zero-order valence-electron chi connectivity index (χ0n) is 9.97. The van der Waals surface area contributed by atoms with Crippen LogP contribution < -0.4 is 5.32 Å². The van der Waals surface area contributed by atoms with Gasteiger partial charge in [0.25, 0.3) is 0 Å². The number of hydrogen-bond acceptors (Lipinski definition) is 2. The van der Waals surface area contributed by atoms with Crippen LogP contribution in [0, 0.1) is 13.8 Å². The molecule has 0 saturated heterocycles. The van der Waals surface area contributed by atoms with Crippen LogP contribution in [0.15, 0.2) is 36.5 Å². The van der Waals surface area contributed by atoms with Gasteiger partial charge in [0.15, 0.2) is 0 Å². The minimum Gasteiger partial charge on any atom is -0.324 e. The van der Waals surface area contributed by atoms with Crippen LogP contribution in [0.25, 0.3) is 0 Å². The van der Waals surface area contributed by atoms with Crippen molar-refractivity contribution in [1.82, 2.24) is 9.78 Å². The number of hydrogen-bond donors (Lipinski definition) is 1. The summed E-state index contributed by atoms with van der Waals surface area (Å²) < 4.78 is 1.63. The maximum Gasteiger partial charge on any atom is 0.246 e. The second-order valence-electron chi connectivity index (χ2n) is 4.07. The fraction of sp³-hybridized carbons (Fsp3) is 0.231. The first-order chi connectivity index (χ1) is 8.13. The van der Waals surface area contributed by atoms with Crippen molar-refractivity contribution in [3.63, 3.8) is 0 Å². The molecular weight excluding hydrogens is 214 g/mol. The zero-order chi connectivity index (χ0) is 12.3. The van der Waals surface area contributed by atoms with E-state index in [1.807, 2.05) is 44.2 Å². The quantitative estimate of drug-likeness (QED) is 0.876. The third-order valence-corrected chi connectivity index (χ3v) is 2.38. The summed E-state index contributed by atoms with van der Waals surface area (Å²) in [6.07, 6.45) is 1.80. The Kier molecular flexibility index (Phi) is 3.23. The maximum atomic E-state index is 11.7. The molecule has 0 aliphatic carbocycles. The summed E-state index contributed by atoms with van der Waals surface area (Å²) in [5.41, 5.74) is 2.85. The number of nitrogens with zero attached hydrogens (tertiary/aromatic N) is 2. The Bertz CT molecular complexity index is 531. The van der Waals surface area contributed by atoms with Gasteiger partial charge in [0.1, 0.15) is 6.54 Å². The first-order valence-electron chi connectivity index (χ1n) is 5.50. The molecule has 0 saturated carbocycles.